The molecule has 0 saturated carbocycles. The molecule has 90 valence electrons. The molecule has 0 aromatic rings. The van der Waals surface area contributed by atoms with Gasteiger partial charge in [-0.2, -0.15) is 0 Å². The van der Waals surface area contributed by atoms with Crippen LogP contribution in [0.25, 0.3) is 0 Å². The lowest BCUT2D eigenvalue weighted by molar-refractivity contribution is -0.146. The number of unbranched alkanes of at least 4 members (excludes halogenated alkanes) is 5. The van der Waals surface area contributed by atoms with Crippen LogP contribution in [0.4, 0.5) is 0 Å². The van der Waals surface area contributed by atoms with E-state index < -0.39 is 0 Å². The van der Waals surface area contributed by atoms with Crippen molar-refractivity contribution in [2.45, 2.75) is 78.2 Å². The van der Waals surface area contributed by atoms with Gasteiger partial charge in [-0.25, -0.2) is 0 Å². The fourth-order valence-electron chi connectivity index (χ4n) is 1.73. The molecule has 2 nitrogen and oxygen atoms in total. The average molecular weight is 214 g/mol. The predicted octanol–water partition coefficient (Wildman–Crippen LogP) is 4.08. The van der Waals surface area contributed by atoms with Gasteiger partial charge >= 0.3 is 5.97 Å². The van der Waals surface area contributed by atoms with E-state index >= 15 is 0 Å². The van der Waals surface area contributed by atoms with E-state index in [1.807, 2.05) is 0 Å². The van der Waals surface area contributed by atoms with Crippen LogP contribution in [0.15, 0.2) is 0 Å². The minimum Gasteiger partial charge on any atom is -0.463 e. The second-order valence-corrected chi connectivity index (χ2v) is 4.20. The van der Waals surface area contributed by atoms with Crippen molar-refractivity contribution >= 4 is 5.97 Å². The highest BCUT2D eigenvalue weighted by Crippen LogP contribution is 2.12. The molecule has 0 aromatic heterocycles. The Morgan fingerprint density at radius 1 is 1.07 bits per heavy atom. The molecule has 0 amide bonds. The molecule has 0 fully saturated rings. The number of carbonyl (C=O) groups excluding carboxylic acids is 1. The van der Waals surface area contributed by atoms with Crippen LogP contribution in [-0.2, 0) is 9.53 Å². The third-order valence-corrected chi connectivity index (χ3v) is 2.67. The molecule has 0 heterocycles. The second kappa shape index (κ2) is 10.0. The zero-order chi connectivity index (χ0) is 11.5. The van der Waals surface area contributed by atoms with Gasteiger partial charge in [0.15, 0.2) is 0 Å². The average Bonchev–Trinajstić information content (AvgIpc) is 2.20. The van der Waals surface area contributed by atoms with Gasteiger partial charge in [-0.05, 0) is 19.3 Å². The van der Waals surface area contributed by atoms with Gasteiger partial charge < -0.3 is 4.74 Å². The molecular weight excluding hydrogens is 188 g/mol. The first-order chi connectivity index (χ1) is 7.20. The Morgan fingerprint density at radius 2 is 1.67 bits per heavy atom. The van der Waals surface area contributed by atoms with Gasteiger partial charge in [0.25, 0.3) is 0 Å². The molecule has 0 radical (unpaired) electrons. The van der Waals surface area contributed by atoms with Crippen LogP contribution < -0.4 is 0 Å². The van der Waals surface area contributed by atoms with Crippen molar-refractivity contribution in [2.75, 3.05) is 0 Å². The summed E-state index contributed by atoms with van der Waals surface area (Å²) in [6.45, 7) is 5.79. The van der Waals surface area contributed by atoms with Crippen LogP contribution >= 0.6 is 0 Å². The maximum atomic E-state index is 10.8. The summed E-state index contributed by atoms with van der Waals surface area (Å²) >= 11 is 0. The SMILES string of the molecule is CCCCCCCC[C@H](CC)OC(C)=O. The molecule has 0 aliphatic carbocycles. The van der Waals surface area contributed by atoms with E-state index in [2.05, 4.69) is 13.8 Å². The van der Waals surface area contributed by atoms with E-state index in [0.29, 0.717) is 0 Å². The van der Waals surface area contributed by atoms with Crippen molar-refractivity contribution in [1.29, 1.82) is 0 Å². The van der Waals surface area contributed by atoms with Crippen molar-refractivity contribution in [1.82, 2.24) is 0 Å². The van der Waals surface area contributed by atoms with E-state index in [1.54, 1.807) is 0 Å². The number of carbonyl (C=O) groups is 1. The highest BCUT2D eigenvalue weighted by molar-refractivity contribution is 5.66. The first kappa shape index (κ1) is 14.5. The normalized spacial score (nSPS) is 12.5. The Labute approximate surface area is 94.4 Å². The maximum Gasteiger partial charge on any atom is 0.302 e. The van der Waals surface area contributed by atoms with E-state index in [0.717, 1.165) is 12.8 Å². The zero-order valence-electron chi connectivity index (χ0n) is 10.6. The Kier molecular flexibility index (Phi) is 9.65. The van der Waals surface area contributed by atoms with Crippen LogP contribution in [0.3, 0.4) is 0 Å². The summed E-state index contributed by atoms with van der Waals surface area (Å²) in [4.78, 5) is 10.8. The van der Waals surface area contributed by atoms with Crippen molar-refractivity contribution in [2.24, 2.45) is 0 Å². The van der Waals surface area contributed by atoms with Gasteiger partial charge in [-0.15, -0.1) is 0 Å². The molecule has 0 saturated heterocycles. The molecular formula is C13H26O2. The first-order valence-corrected chi connectivity index (χ1v) is 6.37. The van der Waals surface area contributed by atoms with Crippen LogP contribution in [0.2, 0.25) is 0 Å². The Balaban J connectivity index is 3.34. The van der Waals surface area contributed by atoms with Gasteiger partial charge in [-0.3, -0.25) is 4.79 Å². The fraction of sp³-hybridized carbons (Fsp3) is 0.923. The summed E-state index contributed by atoms with van der Waals surface area (Å²) in [7, 11) is 0. The number of hydrogen-bond donors (Lipinski definition) is 0. The molecule has 0 aliphatic rings. The lowest BCUT2D eigenvalue weighted by Crippen LogP contribution is -2.14. The first-order valence-electron chi connectivity index (χ1n) is 6.37. The van der Waals surface area contributed by atoms with E-state index in [-0.39, 0.29) is 12.1 Å². The zero-order valence-corrected chi connectivity index (χ0v) is 10.6. The third kappa shape index (κ3) is 9.77. The summed E-state index contributed by atoms with van der Waals surface area (Å²) in [6.07, 6.45) is 9.90. The Bertz CT molecular complexity index is 155. The highest BCUT2D eigenvalue weighted by atomic mass is 16.5. The molecule has 2 heteroatoms. The topological polar surface area (TPSA) is 26.3 Å². The molecule has 0 rings (SSSR count). The minimum atomic E-state index is -0.146. The molecule has 0 bridgehead atoms. The summed E-state index contributed by atoms with van der Waals surface area (Å²) in [5.41, 5.74) is 0. The van der Waals surface area contributed by atoms with Gasteiger partial charge in [0.05, 0.1) is 0 Å². The quantitative estimate of drug-likeness (QED) is 0.427. The third-order valence-electron chi connectivity index (χ3n) is 2.67. The van der Waals surface area contributed by atoms with Crippen molar-refractivity contribution in [3.63, 3.8) is 0 Å². The summed E-state index contributed by atoms with van der Waals surface area (Å²) in [5.74, 6) is -0.146. The number of hydrogen-bond acceptors (Lipinski definition) is 2. The molecule has 0 spiro atoms. The largest absolute Gasteiger partial charge is 0.463 e. The molecule has 0 aromatic carbocycles. The van der Waals surface area contributed by atoms with Crippen molar-refractivity contribution in [3.8, 4) is 0 Å². The molecule has 1 atom stereocenters. The Morgan fingerprint density at radius 3 is 2.20 bits per heavy atom. The van der Waals surface area contributed by atoms with Crippen LogP contribution in [0.5, 0.6) is 0 Å². The molecule has 0 unspecified atom stereocenters. The van der Waals surface area contributed by atoms with E-state index in [4.69, 9.17) is 4.74 Å². The van der Waals surface area contributed by atoms with Crippen molar-refractivity contribution < 1.29 is 9.53 Å². The lowest BCUT2D eigenvalue weighted by atomic mass is 10.1. The monoisotopic (exact) mass is 214 g/mol. The smallest absolute Gasteiger partial charge is 0.302 e. The lowest BCUT2D eigenvalue weighted by Gasteiger charge is -2.14. The maximum absolute atomic E-state index is 10.8. The Hall–Kier alpha value is -0.530. The van der Waals surface area contributed by atoms with Crippen molar-refractivity contribution in [3.05, 3.63) is 0 Å². The van der Waals surface area contributed by atoms with E-state index in [9.17, 15) is 4.79 Å². The van der Waals surface area contributed by atoms with Crippen LogP contribution in [-0.4, -0.2) is 12.1 Å². The van der Waals surface area contributed by atoms with Gasteiger partial charge in [-0.1, -0.05) is 46.0 Å². The van der Waals surface area contributed by atoms with Gasteiger partial charge in [0.2, 0.25) is 0 Å². The standard InChI is InChI=1S/C13H26O2/c1-4-6-7-8-9-10-11-13(5-2)15-12(3)14/h13H,4-11H2,1-3H3/t13-/m0/s1. The predicted molar refractivity (Wildman–Crippen MR) is 63.8 cm³/mol. The van der Waals surface area contributed by atoms with E-state index in [1.165, 1.54) is 45.4 Å². The van der Waals surface area contributed by atoms with Crippen LogP contribution in [0, 0.1) is 0 Å². The highest BCUT2D eigenvalue weighted by Gasteiger charge is 2.08. The summed E-state index contributed by atoms with van der Waals surface area (Å²) in [6, 6.07) is 0. The second-order valence-electron chi connectivity index (χ2n) is 4.20. The van der Waals surface area contributed by atoms with Crippen LogP contribution in [0.1, 0.15) is 72.1 Å². The summed E-state index contributed by atoms with van der Waals surface area (Å²) in [5, 5.41) is 0. The minimum absolute atomic E-state index is 0.146. The van der Waals surface area contributed by atoms with Gasteiger partial charge in [0, 0.05) is 6.92 Å². The fourth-order valence-corrected chi connectivity index (χ4v) is 1.73. The number of esters is 1. The molecule has 0 N–H and O–H groups in total. The van der Waals surface area contributed by atoms with Gasteiger partial charge in [0.1, 0.15) is 6.10 Å². The molecule has 0 aliphatic heterocycles. The number of ether oxygens (including phenoxy) is 1. The summed E-state index contributed by atoms with van der Waals surface area (Å²) < 4.78 is 5.19. The molecule has 15 heavy (non-hydrogen) atoms. The number of rotatable bonds is 9.